The Kier molecular flexibility index (Phi) is 18.2. The Morgan fingerprint density at radius 3 is 1.75 bits per heavy atom. The fourth-order valence-electron chi connectivity index (χ4n) is 14.4. The van der Waals surface area contributed by atoms with Gasteiger partial charge < -0.3 is 92.6 Å². The van der Waals surface area contributed by atoms with Crippen molar-refractivity contribution in [2.24, 2.45) is 22.7 Å². The highest BCUT2D eigenvalue weighted by molar-refractivity contribution is 5.87. The molecule has 7 N–H and O–H groups in total. The van der Waals surface area contributed by atoms with Crippen LogP contribution in [0.2, 0.25) is 0 Å². The van der Waals surface area contributed by atoms with E-state index in [0.717, 1.165) is 11.1 Å². The fraction of sp³-hybridized carbons (Fsp3) is 0.891. The van der Waals surface area contributed by atoms with Gasteiger partial charge in [-0.05, 0) is 97.8 Å². The van der Waals surface area contributed by atoms with Gasteiger partial charge >= 0.3 is 5.97 Å². The first-order valence-electron chi connectivity index (χ1n) is 27.5. The third kappa shape index (κ3) is 10.5. The summed E-state index contributed by atoms with van der Waals surface area (Å²) in [6, 6.07) is 0. The standard InChI is InChI=1S/C55H88O21/c1-26(2)27(3)19-40(58)73-39-24-38-51(8)15-14-33(20-32(51)13-16-54(38,63)55(64)18-17-53(62,31(7)57)52(39,55)9)71-41-21-34(65-10)47(28(4)68-41)74-42-22-35(66-11)48(29(5)69-42)75-43-23-36(67-12)49(30(6)70-43)76-50-46(61)45(60)44(59)37(25-56)72-50/h13,19,26,28-30,33-39,41-50,56,59-64H,14-18,20-25H2,1-12H3/b27-19+/t28-,29+,30-,33+,34+,35+,36+,37-,38-,39-,41+,42+,43+,44-,45+,46-,47-,48-,49-,50+,51+,52-,53-,54+,55-/m1/s1. The third-order valence-corrected chi connectivity index (χ3v) is 19.5. The molecule has 0 aromatic carbocycles. The molecule has 8 aliphatic rings. The lowest BCUT2D eigenvalue weighted by Crippen LogP contribution is -2.78. The number of rotatable bonds is 16. The zero-order valence-corrected chi connectivity index (χ0v) is 46.4. The molecule has 434 valence electrons. The van der Waals surface area contributed by atoms with Gasteiger partial charge in [0, 0.05) is 52.6 Å². The lowest BCUT2D eigenvalue weighted by Gasteiger charge is -2.67. The molecule has 8 rings (SSSR count). The molecule has 76 heavy (non-hydrogen) atoms. The minimum atomic E-state index is -2.04. The van der Waals surface area contributed by atoms with Crippen molar-refractivity contribution in [2.45, 2.75) is 260 Å². The molecule has 0 bridgehead atoms. The molecule has 0 radical (unpaired) electrons. The molecule has 25 atom stereocenters. The van der Waals surface area contributed by atoms with Crippen LogP contribution in [0.5, 0.6) is 0 Å². The summed E-state index contributed by atoms with van der Waals surface area (Å²) in [5, 5.41) is 78.8. The summed E-state index contributed by atoms with van der Waals surface area (Å²) in [7, 11) is 4.72. The van der Waals surface area contributed by atoms with Gasteiger partial charge in [0.15, 0.2) is 30.9 Å². The van der Waals surface area contributed by atoms with Gasteiger partial charge in [-0.15, -0.1) is 0 Å². The summed E-state index contributed by atoms with van der Waals surface area (Å²) in [4.78, 5) is 26.9. The number of esters is 1. The molecule has 4 aliphatic carbocycles. The van der Waals surface area contributed by atoms with E-state index in [4.69, 9.17) is 56.8 Å². The summed E-state index contributed by atoms with van der Waals surface area (Å²) < 4.78 is 74.8. The van der Waals surface area contributed by atoms with Crippen LogP contribution in [-0.4, -0.2) is 209 Å². The summed E-state index contributed by atoms with van der Waals surface area (Å²) >= 11 is 0. The Morgan fingerprint density at radius 1 is 0.724 bits per heavy atom. The highest BCUT2D eigenvalue weighted by Crippen LogP contribution is 2.71. The van der Waals surface area contributed by atoms with E-state index < -0.39 is 163 Å². The molecule has 0 aromatic rings. The van der Waals surface area contributed by atoms with Gasteiger partial charge in [0.1, 0.15) is 65.6 Å². The molecule has 4 aliphatic heterocycles. The van der Waals surface area contributed by atoms with Gasteiger partial charge in [0.2, 0.25) is 0 Å². The molecular formula is C55H88O21. The molecule has 21 nitrogen and oxygen atoms in total. The van der Waals surface area contributed by atoms with E-state index in [1.165, 1.54) is 20.1 Å². The van der Waals surface area contributed by atoms with Gasteiger partial charge in [-0.3, -0.25) is 4.79 Å². The average Bonchev–Trinajstić information content (AvgIpc) is 3.86. The second-order valence-corrected chi connectivity index (χ2v) is 23.9. The first-order valence-corrected chi connectivity index (χ1v) is 27.5. The molecule has 4 heterocycles. The predicted molar refractivity (Wildman–Crippen MR) is 267 cm³/mol. The van der Waals surface area contributed by atoms with E-state index in [-0.39, 0.29) is 44.1 Å². The highest BCUT2D eigenvalue weighted by Gasteiger charge is 2.81. The maximum absolute atomic E-state index is 13.6. The van der Waals surface area contributed by atoms with Crippen molar-refractivity contribution in [1.29, 1.82) is 0 Å². The molecule has 0 spiro atoms. The van der Waals surface area contributed by atoms with Gasteiger partial charge in [0.05, 0.1) is 54.7 Å². The second kappa shape index (κ2) is 23.0. The van der Waals surface area contributed by atoms with E-state index in [1.54, 1.807) is 28.1 Å². The zero-order valence-electron chi connectivity index (χ0n) is 46.4. The van der Waals surface area contributed by atoms with Gasteiger partial charge in [-0.2, -0.15) is 0 Å². The van der Waals surface area contributed by atoms with E-state index in [1.807, 2.05) is 40.7 Å². The number of hydrogen-bond donors (Lipinski definition) is 7. The molecule has 0 unspecified atom stereocenters. The smallest absolute Gasteiger partial charge is 0.330 e. The first-order chi connectivity index (χ1) is 35.7. The van der Waals surface area contributed by atoms with Crippen molar-refractivity contribution < 1.29 is 102 Å². The summed E-state index contributed by atoms with van der Waals surface area (Å²) in [6.45, 7) is 15.7. The Labute approximate surface area is 446 Å². The largest absolute Gasteiger partial charge is 0.458 e. The number of carbonyl (C=O) groups excluding carboxylic acids is 2. The van der Waals surface area contributed by atoms with Crippen LogP contribution in [0.1, 0.15) is 127 Å². The number of fused-ring (bicyclic) bond motifs is 5. The van der Waals surface area contributed by atoms with Gasteiger partial charge in [-0.25, -0.2) is 4.79 Å². The SMILES string of the molecule is CO[C@H]1C[C@H](O[C@H]2[C@@H](OC)C[C@H](O[C@H]3CC[C@@]4(C)C(=CC[C@]5(O)[C@@H]4C[C@@H](OC(=O)/C=C(\C)C(C)C)[C@@]4(C)[C@]5(O)CC[C@@]4(O)C(C)=O)C3)O[C@@H]2C)O[C@@H](C)[C@H]1O[C@H]1C[C@H](OC)[C@H](O[C@@H]2O[C@H](CO)[C@@H](O)[C@H](O)[C@H]2O)[C@@H](C)O1. The minimum absolute atomic E-state index is 0.0476. The fourth-order valence-corrected chi connectivity index (χ4v) is 14.4. The van der Waals surface area contributed by atoms with Crippen LogP contribution in [0.4, 0.5) is 0 Å². The van der Waals surface area contributed by atoms with E-state index in [0.29, 0.717) is 32.1 Å². The van der Waals surface area contributed by atoms with Crippen LogP contribution in [0, 0.1) is 22.7 Å². The molecule has 21 heteroatoms. The normalized spacial score (nSPS) is 49.8. The number of ether oxygens (including phenoxy) is 12. The Bertz CT molecular complexity index is 2110. The molecule has 0 amide bonds. The first kappa shape index (κ1) is 60.0. The van der Waals surface area contributed by atoms with Crippen LogP contribution in [0.3, 0.4) is 0 Å². The van der Waals surface area contributed by atoms with Crippen molar-refractivity contribution in [3.8, 4) is 0 Å². The summed E-state index contributed by atoms with van der Waals surface area (Å²) in [5.74, 6) is -1.66. The number of carbonyl (C=O) groups is 2. The minimum Gasteiger partial charge on any atom is -0.458 e. The van der Waals surface area contributed by atoms with E-state index in [2.05, 4.69) is 6.92 Å². The van der Waals surface area contributed by atoms with Gasteiger partial charge in [0.25, 0.3) is 0 Å². The topological polar surface area (TPSA) is 287 Å². The quantitative estimate of drug-likeness (QED) is 0.0664. The van der Waals surface area contributed by atoms with E-state index in [9.17, 15) is 45.3 Å². The lowest BCUT2D eigenvalue weighted by atomic mass is 9.42. The van der Waals surface area contributed by atoms with Crippen molar-refractivity contribution in [2.75, 3.05) is 27.9 Å². The number of methoxy groups -OCH3 is 3. The van der Waals surface area contributed by atoms with Crippen molar-refractivity contribution in [1.82, 2.24) is 0 Å². The molecule has 3 saturated carbocycles. The lowest BCUT2D eigenvalue weighted by molar-refractivity contribution is -0.357. The molecule has 4 saturated heterocycles. The van der Waals surface area contributed by atoms with E-state index >= 15 is 0 Å². The number of allylic oxidation sites excluding steroid dienone is 1. The zero-order chi connectivity index (χ0) is 55.6. The van der Waals surface area contributed by atoms with Crippen LogP contribution in [-0.2, 0) is 66.4 Å². The third-order valence-electron chi connectivity index (χ3n) is 19.5. The Hall–Kier alpha value is -2.10. The van der Waals surface area contributed by atoms with Crippen LogP contribution < -0.4 is 0 Å². The highest BCUT2D eigenvalue weighted by atomic mass is 16.8. The van der Waals surface area contributed by atoms with Crippen LogP contribution >= 0.6 is 0 Å². The van der Waals surface area contributed by atoms with Crippen LogP contribution in [0.15, 0.2) is 23.3 Å². The number of aliphatic hydroxyl groups is 7. The summed E-state index contributed by atoms with van der Waals surface area (Å²) in [6.07, 6.45) is -9.62. The van der Waals surface area contributed by atoms with Gasteiger partial charge in [-0.1, -0.05) is 38.0 Å². The Balaban J connectivity index is 0.878. The average molecular weight is 1090 g/mol. The number of hydrogen-bond acceptors (Lipinski definition) is 21. The van der Waals surface area contributed by atoms with Crippen molar-refractivity contribution in [3.05, 3.63) is 23.3 Å². The maximum atomic E-state index is 13.6. The molecule has 0 aromatic heterocycles. The van der Waals surface area contributed by atoms with Crippen LogP contribution in [0.25, 0.3) is 0 Å². The van der Waals surface area contributed by atoms with Crippen molar-refractivity contribution >= 4 is 11.8 Å². The summed E-state index contributed by atoms with van der Waals surface area (Å²) in [5.41, 5.74) is -6.21. The Morgan fingerprint density at radius 2 is 1.25 bits per heavy atom. The maximum Gasteiger partial charge on any atom is 0.330 e. The van der Waals surface area contributed by atoms with Crippen molar-refractivity contribution in [3.63, 3.8) is 0 Å². The number of Topliss-reactive ketones (excluding diaryl/α,β-unsaturated/α-hetero) is 1. The number of ketones is 1. The predicted octanol–water partition coefficient (Wildman–Crippen LogP) is 2.41. The second-order valence-electron chi connectivity index (χ2n) is 23.9. The molecule has 7 fully saturated rings. The number of aliphatic hydroxyl groups excluding tert-OH is 4. The monoisotopic (exact) mass is 1080 g/mol. The molecular weight excluding hydrogens is 997 g/mol.